The highest BCUT2D eigenvalue weighted by atomic mass is 32.2. The highest BCUT2D eigenvalue weighted by Gasteiger charge is 2.09. The van der Waals surface area contributed by atoms with Crippen LogP contribution in [0.5, 0.6) is 0 Å². The van der Waals surface area contributed by atoms with Crippen LogP contribution in [0.3, 0.4) is 0 Å². The minimum Gasteiger partial charge on any atom is -0.322 e. The zero-order valence-electron chi connectivity index (χ0n) is 13.0. The van der Waals surface area contributed by atoms with Crippen molar-refractivity contribution in [1.82, 2.24) is 4.57 Å². The van der Waals surface area contributed by atoms with Crippen LogP contribution in [0.1, 0.15) is 6.92 Å². The van der Waals surface area contributed by atoms with Gasteiger partial charge in [0.1, 0.15) is 5.69 Å². The summed E-state index contributed by atoms with van der Waals surface area (Å²) in [6, 6.07) is 8.32. The summed E-state index contributed by atoms with van der Waals surface area (Å²) in [4.78, 5) is 23.2. The second kappa shape index (κ2) is 6.25. The van der Waals surface area contributed by atoms with Gasteiger partial charge in [-0.05, 0) is 23.8 Å². The fraction of sp³-hybridized carbons (Fsp3) is 0.200. The van der Waals surface area contributed by atoms with Gasteiger partial charge in [-0.15, -0.1) is 0 Å². The molecule has 1 heterocycles. The predicted octanol–water partition coefficient (Wildman–Crippen LogP) is 1.38. The molecule has 122 valence electrons. The number of aryl methyl sites for hydroxylation is 1. The first-order valence-electron chi connectivity index (χ1n) is 6.72. The van der Waals surface area contributed by atoms with Gasteiger partial charge in [0, 0.05) is 31.4 Å². The summed E-state index contributed by atoms with van der Waals surface area (Å²) >= 11 is 0. The molecule has 8 heteroatoms. The molecule has 0 spiro atoms. The molecule has 0 unspecified atom stereocenters. The lowest BCUT2D eigenvalue weighted by molar-refractivity contribution is -0.114. The van der Waals surface area contributed by atoms with Gasteiger partial charge in [-0.1, -0.05) is 12.1 Å². The highest BCUT2D eigenvalue weighted by molar-refractivity contribution is 7.92. The van der Waals surface area contributed by atoms with Crippen LogP contribution in [0, 0.1) is 0 Å². The molecule has 2 aromatic rings. The van der Waals surface area contributed by atoms with Crippen LogP contribution in [0.4, 0.5) is 11.4 Å². The number of carbonyl (C=O) groups is 1. The Hall–Kier alpha value is -2.61. The van der Waals surface area contributed by atoms with E-state index in [4.69, 9.17) is 0 Å². The molecule has 1 amide bonds. The van der Waals surface area contributed by atoms with Gasteiger partial charge in [0.2, 0.25) is 15.9 Å². The Morgan fingerprint density at radius 2 is 1.87 bits per heavy atom. The van der Waals surface area contributed by atoms with E-state index in [0.717, 1.165) is 6.26 Å². The fourth-order valence-electron chi connectivity index (χ4n) is 2.13. The van der Waals surface area contributed by atoms with Crippen molar-refractivity contribution in [2.45, 2.75) is 6.92 Å². The Bertz CT molecular complexity index is 917. The smallest absolute Gasteiger partial charge is 0.274 e. The minimum absolute atomic E-state index is 0.166. The van der Waals surface area contributed by atoms with Crippen LogP contribution in [-0.2, 0) is 21.9 Å². The molecule has 0 bridgehead atoms. The molecule has 0 radical (unpaired) electrons. The minimum atomic E-state index is -3.38. The number of pyridine rings is 1. The maximum absolute atomic E-state index is 12.0. The Morgan fingerprint density at radius 1 is 1.17 bits per heavy atom. The molecule has 0 aliphatic heterocycles. The van der Waals surface area contributed by atoms with Crippen LogP contribution >= 0.6 is 0 Å². The third-order valence-corrected chi connectivity index (χ3v) is 3.60. The molecule has 0 saturated heterocycles. The van der Waals surface area contributed by atoms with Crippen molar-refractivity contribution in [3.63, 3.8) is 0 Å². The summed E-state index contributed by atoms with van der Waals surface area (Å²) in [6.07, 6.45) is 2.69. The Morgan fingerprint density at radius 3 is 2.48 bits per heavy atom. The van der Waals surface area contributed by atoms with Crippen molar-refractivity contribution in [1.29, 1.82) is 0 Å². The lowest BCUT2D eigenvalue weighted by Crippen LogP contribution is -2.22. The monoisotopic (exact) mass is 335 g/mol. The molecule has 0 atom stereocenters. The molecule has 0 fully saturated rings. The van der Waals surface area contributed by atoms with E-state index >= 15 is 0 Å². The van der Waals surface area contributed by atoms with Crippen molar-refractivity contribution in [2.75, 3.05) is 16.3 Å². The topological polar surface area (TPSA) is 97.3 Å². The molecule has 1 aromatic carbocycles. The van der Waals surface area contributed by atoms with Crippen LogP contribution in [0.2, 0.25) is 0 Å². The number of carbonyl (C=O) groups excluding carboxylic acids is 1. The molecule has 7 nitrogen and oxygen atoms in total. The second-order valence-electron chi connectivity index (χ2n) is 5.19. The van der Waals surface area contributed by atoms with Gasteiger partial charge < -0.3 is 9.88 Å². The van der Waals surface area contributed by atoms with Gasteiger partial charge in [-0.25, -0.2) is 8.42 Å². The van der Waals surface area contributed by atoms with E-state index in [1.807, 2.05) is 0 Å². The van der Waals surface area contributed by atoms with Gasteiger partial charge in [0.25, 0.3) is 5.56 Å². The number of anilines is 2. The quantitative estimate of drug-likeness (QED) is 0.882. The summed E-state index contributed by atoms with van der Waals surface area (Å²) in [6.45, 7) is 1.32. The molecular weight excluding hydrogens is 318 g/mol. The first kappa shape index (κ1) is 16.8. The lowest BCUT2D eigenvalue weighted by atomic mass is 10.1. The van der Waals surface area contributed by atoms with E-state index in [0.29, 0.717) is 16.8 Å². The van der Waals surface area contributed by atoms with Crippen molar-refractivity contribution < 1.29 is 13.2 Å². The van der Waals surface area contributed by atoms with Crippen molar-refractivity contribution >= 4 is 27.3 Å². The molecule has 1 aromatic heterocycles. The average molecular weight is 335 g/mol. The first-order chi connectivity index (χ1) is 10.7. The fourth-order valence-corrected chi connectivity index (χ4v) is 2.68. The van der Waals surface area contributed by atoms with Crippen LogP contribution < -0.4 is 15.6 Å². The highest BCUT2D eigenvalue weighted by Crippen LogP contribution is 2.24. The second-order valence-corrected chi connectivity index (χ2v) is 6.94. The van der Waals surface area contributed by atoms with Crippen molar-refractivity contribution in [2.24, 2.45) is 7.05 Å². The number of nitrogens with zero attached hydrogens (tertiary/aromatic N) is 1. The van der Waals surface area contributed by atoms with Crippen molar-refractivity contribution in [3.8, 4) is 11.1 Å². The maximum atomic E-state index is 12.0. The third-order valence-electron chi connectivity index (χ3n) is 2.99. The Balaban J connectivity index is 2.50. The van der Waals surface area contributed by atoms with E-state index in [2.05, 4.69) is 10.0 Å². The normalized spacial score (nSPS) is 11.1. The molecule has 0 saturated carbocycles. The van der Waals surface area contributed by atoms with Gasteiger partial charge >= 0.3 is 0 Å². The zero-order chi connectivity index (χ0) is 17.2. The zero-order valence-corrected chi connectivity index (χ0v) is 13.8. The maximum Gasteiger partial charge on any atom is 0.274 e. The van der Waals surface area contributed by atoms with E-state index in [-0.39, 0.29) is 17.2 Å². The Kier molecular flexibility index (Phi) is 4.55. The molecule has 2 N–H and O–H groups in total. The largest absolute Gasteiger partial charge is 0.322 e. The van der Waals surface area contributed by atoms with Gasteiger partial charge in [-0.2, -0.15) is 0 Å². The molecule has 2 rings (SSSR count). The number of nitrogens with one attached hydrogen (secondary N) is 2. The number of rotatable bonds is 4. The number of sulfonamides is 1. The molecule has 0 aliphatic rings. The predicted molar refractivity (Wildman–Crippen MR) is 89.9 cm³/mol. The summed E-state index contributed by atoms with van der Waals surface area (Å²) in [5, 5.41) is 2.49. The first-order valence-corrected chi connectivity index (χ1v) is 8.61. The Labute approximate surface area is 134 Å². The molecule has 0 aliphatic carbocycles. The van der Waals surface area contributed by atoms with Crippen molar-refractivity contribution in [3.05, 3.63) is 46.9 Å². The number of hydrogen-bond acceptors (Lipinski definition) is 4. The molecular formula is C15H17N3O4S. The van der Waals surface area contributed by atoms with Gasteiger partial charge in [0.05, 0.1) is 6.26 Å². The van der Waals surface area contributed by atoms with Crippen LogP contribution in [-0.4, -0.2) is 25.1 Å². The number of aromatic nitrogens is 1. The standard InChI is InChI=1S/C15H17N3O4S/c1-10(19)16-14-8-12(9-18(2)15(14)20)11-5-4-6-13(7-11)17-23(3,21)22/h4-9,17H,1-3H3,(H,16,19). The average Bonchev–Trinajstić information content (AvgIpc) is 2.41. The number of amides is 1. The van der Waals surface area contributed by atoms with Crippen LogP contribution in [0.25, 0.3) is 11.1 Å². The van der Waals surface area contributed by atoms with Gasteiger partial charge in [-0.3, -0.25) is 14.3 Å². The summed E-state index contributed by atoms with van der Waals surface area (Å²) < 4.78 is 26.4. The number of benzene rings is 1. The van der Waals surface area contributed by atoms with Gasteiger partial charge in [0.15, 0.2) is 0 Å². The summed E-state index contributed by atoms with van der Waals surface area (Å²) in [5.41, 5.74) is 1.64. The molecule has 23 heavy (non-hydrogen) atoms. The van der Waals surface area contributed by atoms with E-state index < -0.39 is 10.0 Å². The number of hydrogen-bond donors (Lipinski definition) is 2. The lowest BCUT2D eigenvalue weighted by Gasteiger charge is -2.10. The van der Waals surface area contributed by atoms with E-state index in [1.165, 1.54) is 11.5 Å². The van der Waals surface area contributed by atoms with E-state index in [9.17, 15) is 18.0 Å². The van der Waals surface area contributed by atoms with Crippen LogP contribution in [0.15, 0.2) is 41.3 Å². The summed E-state index contributed by atoms with van der Waals surface area (Å²) in [7, 11) is -1.80. The third kappa shape index (κ3) is 4.43. The SMILES string of the molecule is CC(=O)Nc1cc(-c2cccc(NS(C)(=O)=O)c2)cn(C)c1=O. The summed E-state index contributed by atoms with van der Waals surface area (Å²) in [5.74, 6) is -0.341. The van der Waals surface area contributed by atoms with E-state index in [1.54, 1.807) is 43.6 Å².